The Kier molecular flexibility index (Phi) is 6.62. The van der Waals surface area contributed by atoms with E-state index in [9.17, 15) is 22.8 Å². The van der Waals surface area contributed by atoms with Crippen molar-refractivity contribution in [1.82, 2.24) is 10.3 Å². The van der Waals surface area contributed by atoms with Crippen molar-refractivity contribution in [2.45, 2.75) is 12.6 Å². The Hall–Kier alpha value is -2.81. The number of pyridine rings is 1. The summed E-state index contributed by atoms with van der Waals surface area (Å²) in [4.78, 5) is 26.8. The van der Waals surface area contributed by atoms with E-state index in [1.54, 1.807) is 18.2 Å². The van der Waals surface area contributed by atoms with Gasteiger partial charge in [-0.25, -0.2) is 4.98 Å². The first-order valence-corrected chi connectivity index (χ1v) is 8.06. The van der Waals surface area contributed by atoms with Crippen LogP contribution in [-0.2, 0) is 17.4 Å². The molecular weight excluding hydrogens is 387 g/mol. The van der Waals surface area contributed by atoms with Crippen LogP contribution in [0.4, 0.5) is 13.2 Å². The summed E-state index contributed by atoms with van der Waals surface area (Å²) in [6.45, 7) is 0.0118. The molecule has 0 radical (unpaired) electrons. The summed E-state index contributed by atoms with van der Waals surface area (Å²) in [6, 6.07) is 7.16. The van der Waals surface area contributed by atoms with E-state index in [2.05, 4.69) is 10.3 Å². The number of carbonyl (C=O) groups excluding carboxylic acids is 2. The number of nitrogens with zero attached hydrogens (tertiary/aromatic N) is 1. The molecule has 0 fully saturated rings. The zero-order valence-corrected chi connectivity index (χ0v) is 14.6. The number of hydrogen-bond donors (Lipinski definition) is 2. The third-order valence-electron chi connectivity index (χ3n) is 3.43. The van der Waals surface area contributed by atoms with Crippen molar-refractivity contribution in [3.63, 3.8) is 0 Å². The Morgan fingerprint density at radius 2 is 1.96 bits per heavy atom. The van der Waals surface area contributed by atoms with Crippen LogP contribution in [0.15, 0.2) is 36.5 Å². The Labute approximate surface area is 157 Å². The van der Waals surface area contributed by atoms with Gasteiger partial charge >= 0.3 is 6.18 Å². The number of alkyl halides is 3. The molecule has 1 aromatic heterocycles. The van der Waals surface area contributed by atoms with Crippen molar-refractivity contribution in [3.8, 4) is 5.88 Å². The van der Waals surface area contributed by atoms with E-state index in [0.717, 1.165) is 0 Å². The van der Waals surface area contributed by atoms with Crippen molar-refractivity contribution in [2.24, 2.45) is 5.73 Å². The molecule has 1 aromatic carbocycles. The fourth-order valence-electron chi connectivity index (χ4n) is 2.18. The van der Waals surface area contributed by atoms with Crippen LogP contribution in [0.1, 0.15) is 21.5 Å². The highest BCUT2D eigenvalue weighted by atomic mass is 35.5. The highest BCUT2D eigenvalue weighted by Crippen LogP contribution is 2.32. The lowest BCUT2D eigenvalue weighted by atomic mass is 10.0. The minimum absolute atomic E-state index is 0.0543. The lowest BCUT2D eigenvalue weighted by molar-refractivity contribution is -0.137. The van der Waals surface area contributed by atoms with Crippen LogP contribution in [0.2, 0.25) is 5.02 Å². The van der Waals surface area contributed by atoms with E-state index in [-0.39, 0.29) is 41.9 Å². The summed E-state index contributed by atoms with van der Waals surface area (Å²) in [5.74, 6) is -1.18. The van der Waals surface area contributed by atoms with Crippen LogP contribution in [0, 0.1) is 0 Å². The van der Waals surface area contributed by atoms with Gasteiger partial charge in [-0.2, -0.15) is 13.2 Å². The summed E-state index contributed by atoms with van der Waals surface area (Å²) >= 11 is 5.71. The van der Waals surface area contributed by atoms with Gasteiger partial charge in [0.25, 0.3) is 0 Å². The Bertz CT molecular complexity index is 844. The van der Waals surface area contributed by atoms with Crippen LogP contribution >= 0.6 is 11.6 Å². The van der Waals surface area contributed by atoms with Crippen molar-refractivity contribution >= 4 is 23.4 Å². The van der Waals surface area contributed by atoms with E-state index in [0.29, 0.717) is 17.8 Å². The summed E-state index contributed by atoms with van der Waals surface area (Å²) in [5.41, 5.74) is 5.00. The Balaban J connectivity index is 1.84. The molecule has 2 rings (SSSR count). The Morgan fingerprint density at radius 1 is 1.26 bits per heavy atom. The number of hydrogen-bond acceptors (Lipinski definition) is 4. The predicted octanol–water partition coefficient (Wildman–Crippen LogP) is 2.59. The van der Waals surface area contributed by atoms with E-state index >= 15 is 0 Å². The molecule has 2 amide bonds. The quantitative estimate of drug-likeness (QED) is 0.697. The predicted molar refractivity (Wildman–Crippen MR) is 91.4 cm³/mol. The number of rotatable bonds is 7. The monoisotopic (exact) mass is 401 g/mol. The molecule has 0 bridgehead atoms. The largest absolute Gasteiger partial charge is 0.475 e. The zero-order valence-electron chi connectivity index (χ0n) is 13.8. The summed E-state index contributed by atoms with van der Waals surface area (Å²) in [6.07, 6.45) is -4.00. The van der Waals surface area contributed by atoms with E-state index in [1.165, 1.54) is 6.07 Å². The number of benzene rings is 1. The maximum Gasteiger partial charge on any atom is 0.417 e. The minimum Gasteiger partial charge on any atom is -0.475 e. The number of carbonyl (C=O) groups is 2. The van der Waals surface area contributed by atoms with Gasteiger partial charge in [0.1, 0.15) is 11.6 Å². The van der Waals surface area contributed by atoms with Gasteiger partial charge in [-0.1, -0.05) is 29.8 Å². The lowest BCUT2D eigenvalue weighted by Crippen LogP contribution is -2.30. The fourth-order valence-corrected chi connectivity index (χ4v) is 2.40. The SMILES string of the molecule is NC(=O)c1ccccc1CC(=O)NCCOc1ncc(C(F)(F)F)cc1Cl. The molecular formula is C17H15ClF3N3O3. The van der Waals surface area contributed by atoms with Crippen LogP contribution in [0.3, 0.4) is 0 Å². The van der Waals surface area contributed by atoms with Crippen LogP contribution in [0.5, 0.6) is 5.88 Å². The van der Waals surface area contributed by atoms with Crippen molar-refractivity contribution in [1.29, 1.82) is 0 Å². The lowest BCUT2D eigenvalue weighted by Gasteiger charge is -2.11. The maximum atomic E-state index is 12.5. The average molecular weight is 402 g/mol. The van der Waals surface area contributed by atoms with Gasteiger partial charge < -0.3 is 15.8 Å². The zero-order chi connectivity index (χ0) is 20.0. The molecule has 0 spiro atoms. The summed E-state index contributed by atoms with van der Waals surface area (Å²) in [7, 11) is 0. The summed E-state index contributed by atoms with van der Waals surface area (Å²) < 4.78 is 42.8. The molecule has 0 atom stereocenters. The number of halogens is 4. The second kappa shape index (κ2) is 8.72. The van der Waals surface area contributed by atoms with Gasteiger partial charge in [0.05, 0.1) is 18.5 Å². The Morgan fingerprint density at radius 3 is 2.59 bits per heavy atom. The van der Waals surface area contributed by atoms with Gasteiger partial charge in [0.2, 0.25) is 17.7 Å². The second-order valence-corrected chi connectivity index (χ2v) is 5.81. The molecule has 6 nitrogen and oxygen atoms in total. The molecule has 3 N–H and O–H groups in total. The third-order valence-corrected chi connectivity index (χ3v) is 3.70. The molecule has 0 aliphatic carbocycles. The molecule has 0 saturated heterocycles. The van der Waals surface area contributed by atoms with E-state index in [4.69, 9.17) is 22.1 Å². The molecule has 10 heteroatoms. The topological polar surface area (TPSA) is 94.3 Å². The van der Waals surface area contributed by atoms with E-state index in [1.807, 2.05) is 0 Å². The number of ether oxygens (including phenoxy) is 1. The van der Waals surface area contributed by atoms with Crippen molar-refractivity contribution < 1.29 is 27.5 Å². The smallest absolute Gasteiger partial charge is 0.417 e. The normalized spacial score (nSPS) is 11.1. The highest BCUT2D eigenvalue weighted by molar-refractivity contribution is 6.31. The van der Waals surface area contributed by atoms with E-state index < -0.39 is 17.6 Å². The van der Waals surface area contributed by atoms with Crippen LogP contribution < -0.4 is 15.8 Å². The van der Waals surface area contributed by atoms with Gasteiger partial charge in [0, 0.05) is 11.8 Å². The van der Waals surface area contributed by atoms with Gasteiger partial charge in [-0.15, -0.1) is 0 Å². The molecule has 0 unspecified atom stereocenters. The summed E-state index contributed by atoms with van der Waals surface area (Å²) in [5, 5.41) is 2.27. The number of amides is 2. The first kappa shape index (κ1) is 20.5. The number of primary amides is 1. The molecule has 0 saturated carbocycles. The number of nitrogens with two attached hydrogens (primary N) is 1. The minimum atomic E-state index is -4.55. The second-order valence-electron chi connectivity index (χ2n) is 5.41. The molecule has 144 valence electrons. The first-order valence-electron chi connectivity index (χ1n) is 7.68. The number of aromatic nitrogens is 1. The maximum absolute atomic E-state index is 12.5. The highest BCUT2D eigenvalue weighted by Gasteiger charge is 2.31. The van der Waals surface area contributed by atoms with Crippen molar-refractivity contribution in [2.75, 3.05) is 13.2 Å². The van der Waals surface area contributed by atoms with Crippen LogP contribution in [-0.4, -0.2) is 29.9 Å². The van der Waals surface area contributed by atoms with Gasteiger partial charge in [0.15, 0.2) is 0 Å². The van der Waals surface area contributed by atoms with Crippen LogP contribution in [0.25, 0.3) is 0 Å². The molecule has 1 heterocycles. The first-order chi connectivity index (χ1) is 12.7. The molecule has 0 aliphatic heterocycles. The number of nitrogens with one attached hydrogen (secondary N) is 1. The molecule has 0 aliphatic rings. The third kappa shape index (κ3) is 5.85. The average Bonchev–Trinajstić information content (AvgIpc) is 2.59. The van der Waals surface area contributed by atoms with Gasteiger partial charge in [-0.3, -0.25) is 9.59 Å². The molecule has 27 heavy (non-hydrogen) atoms. The standard InChI is InChI=1S/C17H15ClF3N3O3/c18-13-8-11(17(19,20)21)9-24-16(13)27-6-5-23-14(25)7-10-3-1-2-4-12(10)15(22)26/h1-4,8-9H,5-7H2,(H2,22,26)(H,23,25). The van der Waals surface area contributed by atoms with Gasteiger partial charge in [-0.05, 0) is 17.7 Å². The fraction of sp³-hybridized carbons (Fsp3) is 0.235. The van der Waals surface area contributed by atoms with Crippen molar-refractivity contribution in [3.05, 3.63) is 58.2 Å². The molecule has 2 aromatic rings.